The van der Waals surface area contributed by atoms with Crippen LogP contribution in [0.5, 0.6) is 0 Å². The van der Waals surface area contributed by atoms with Gasteiger partial charge in [0.2, 0.25) is 10.0 Å². The molecule has 2 amide bonds. The van der Waals surface area contributed by atoms with E-state index in [9.17, 15) is 13.2 Å². The Labute approximate surface area is 208 Å². The number of nitrogens with one attached hydrogen (secondary N) is 2. The first-order chi connectivity index (χ1) is 17.0. The van der Waals surface area contributed by atoms with E-state index in [-0.39, 0.29) is 6.03 Å². The van der Waals surface area contributed by atoms with Crippen LogP contribution in [-0.4, -0.2) is 27.5 Å². The maximum Gasteiger partial charge on any atom is 0.322 e. The molecule has 0 bridgehead atoms. The molecule has 6 nitrogen and oxygen atoms in total. The molecule has 7 heteroatoms. The molecule has 0 radical (unpaired) electrons. The Balaban J connectivity index is 1.31. The summed E-state index contributed by atoms with van der Waals surface area (Å²) in [6, 6.07) is 28.1. The number of carbonyl (C=O) groups is 1. The summed E-state index contributed by atoms with van der Waals surface area (Å²) in [6.07, 6.45) is 3.81. The smallest absolute Gasteiger partial charge is 0.322 e. The van der Waals surface area contributed by atoms with Gasteiger partial charge in [-0.1, -0.05) is 66.7 Å². The zero-order valence-corrected chi connectivity index (χ0v) is 20.7. The highest BCUT2D eigenvalue weighted by Crippen LogP contribution is 2.30. The van der Waals surface area contributed by atoms with Crippen molar-refractivity contribution in [3.63, 3.8) is 0 Å². The SMILES string of the molecule is O=C(NCc1ccccc1)N(CC1CCC(CNS(=O)(=O)c2ccccc2)CC1)c1ccccc1. The van der Waals surface area contributed by atoms with E-state index in [1.807, 2.05) is 65.6 Å². The van der Waals surface area contributed by atoms with Crippen LogP contribution in [0.15, 0.2) is 95.9 Å². The van der Waals surface area contributed by atoms with E-state index in [0.29, 0.717) is 36.4 Å². The van der Waals surface area contributed by atoms with Gasteiger partial charge in [-0.2, -0.15) is 0 Å². The average molecular weight is 492 g/mol. The van der Waals surface area contributed by atoms with Crippen LogP contribution in [0.3, 0.4) is 0 Å². The number of hydrogen-bond donors (Lipinski definition) is 2. The molecule has 0 unspecified atom stereocenters. The quantitative estimate of drug-likeness (QED) is 0.433. The van der Waals surface area contributed by atoms with Crippen LogP contribution in [0.1, 0.15) is 31.2 Å². The molecule has 3 aromatic rings. The van der Waals surface area contributed by atoms with Crippen molar-refractivity contribution in [2.75, 3.05) is 18.0 Å². The average Bonchev–Trinajstić information content (AvgIpc) is 2.91. The van der Waals surface area contributed by atoms with Crippen LogP contribution in [-0.2, 0) is 16.6 Å². The van der Waals surface area contributed by atoms with Gasteiger partial charge in [-0.25, -0.2) is 17.9 Å². The third-order valence-electron chi connectivity index (χ3n) is 6.62. The normalized spacial score (nSPS) is 18.1. The Morgan fingerprint density at radius 2 is 1.31 bits per heavy atom. The number of carbonyl (C=O) groups excluding carboxylic acids is 1. The highest BCUT2D eigenvalue weighted by atomic mass is 32.2. The summed E-state index contributed by atoms with van der Waals surface area (Å²) in [5.41, 5.74) is 1.95. The number of sulfonamides is 1. The van der Waals surface area contributed by atoms with Crippen molar-refractivity contribution in [2.45, 2.75) is 37.1 Å². The monoisotopic (exact) mass is 491 g/mol. The van der Waals surface area contributed by atoms with Gasteiger partial charge in [0.15, 0.2) is 0 Å². The molecule has 184 valence electrons. The second-order valence-corrected chi connectivity index (χ2v) is 10.9. The Morgan fingerprint density at radius 3 is 1.94 bits per heavy atom. The summed E-state index contributed by atoms with van der Waals surface area (Å²) >= 11 is 0. The molecule has 2 N–H and O–H groups in total. The molecule has 0 aliphatic heterocycles. The van der Waals surface area contributed by atoms with Gasteiger partial charge in [-0.05, 0) is 67.3 Å². The third-order valence-corrected chi connectivity index (χ3v) is 8.06. The summed E-state index contributed by atoms with van der Waals surface area (Å²) < 4.78 is 27.8. The Morgan fingerprint density at radius 1 is 0.771 bits per heavy atom. The van der Waals surface area contributed by atoms with E-state index in [0.717, 1.165) is 36.9 Å². The summed E-state index contributed by atoms with van der Waals surface area (Å²) in [6.45, 7) is 1.58. The lowest BCUT2D eigenvalue weighted by atomic mass is 9.82. The van der Waals surface area contributed by atoms with Crippen LogP contribution < -0.4 is 14.9 Å². The number of hydrogen-bond acceptors (Lipinski definition) is 3. The maximum absolute atomic E-state index is 13.1. The van der Waals surface area contributed by atoms with Crippen molar-refractivity contribution in [3.05, 3.63) is 96.6 Å². The fourth-order valence-corrected chi connectivity index (χ4v) is 5.71. The zero-order valence-electron chi connectivity index (χ0n) is 19.8. The summed E-state index contributed by atoms with van der Waals surface area (Å²) in [5, 5.41) is 3.06. The fraction of sp³-hybridized carbons (Fsp3) is 0.321. The molecule has 4 rings (SSSR count). The van der Waals surface area contributed by atoms with Crippen molar-refractivity contribution < 1.29 is 13.2 Å². The second kappa shape index (κ2) is 12.0. The summed E-state index contributed by atoms with van der Waals surface area (Å²) in [4.78, 5) is 15.3. The predicted octanol–water partition coefficient (Wildman–Crippen LogP) is 5.19. The lowest BCUT2D eigenvalue weighted by Crippen LogP contribution is -2.43. The largest absolute Gasteiger partial charge is 0.334 e. The highest BCUT2D eigenvalue weighted by Gasteiger charge is 2.27. The molecular formula is C28H33N3O3S. The second-order valence-electron chi connectivity index (χ2n) is 9.14. The minimum atomic E-state index is -3.48. The van der Waals surface area contributed by atoms with Crippen LogP contribution in [0.2, 0.25) is 0 Å². The summed E-state index contributed by atoms with van der Waals surface area (Å²) in [5.74, 6) is 0.682. The number of amides is 2. The number of urea groups is 1. The predicted molar refractivity (Wildman–Crippen MR) is 140 cm³/mol. The Hall–Kier alpha value is -3.16. The topological polar surface area (TPSA) is 78.5 Å². The van der Waals surface area contributed by atoms with E-state index in [2.05, 4.69) is 10.0 Å². The number of rotatable bonds is 9. The minimum Gasteiger partial charge on any atom is -0.334 e. The molecular weight excluding hydrogens is 458 g/mol. The van der Waals surface area contributed by atoms with Gasteiger partial charge in [-0.3, -0.25) is 4.90 Å². The molecule has 3 aromatic carbocycles. The van der Waals surface area contributed by atoms with Crippen LogP contribution in [0, 0.1) is 11.8 Å². The van der Waals surface area contributed by atoms with Crippen molar-refractivity contribution in [1.29, 1.82) is 0 Å². The van der Waals surface area contributed by atoms with Crippen molar-refractivity contribution in [3.8, 4) is 0 Å². The van der Waals surface area contributed by atoms with Gasteiger partial charge in [0, 0.05) is 25.3 Å². The number of nitrogens with zero attached hydrogens (tertiary/aromatic N) is 1. The van der Waals surface area contributed by atoms with Gasteiger partial charge >= 0.3 is 6.03 Å². The van der Waals surface area contributed by atoms with E-state index >= 15 is 0 Å². The van der Waals surface area contributed by atoms with Gasteiger partial charge in [0.1, 0.15) is 0 Å². The van der Waals surface area contributed by atoms with Crippen LogP contribution in [0.4, 0.5) is 10.5 Å². The molecule has 0 atom stereocenters. The van der Waals surface area contributed by atoms with Crippen LogP contribution in [0.25, 0.3) is 0 Å². The molecule has 1 fully saturated rings. The van der Waals surface area contributed by atoms with E-state index in [1.165, 1.54) is 0 Å². The first-order valence-corrected chi connectivity index (χ1v) is 13.7. The standard InChI is InChI=1S/C28H33N3O3S/c32-28(29-20-23-10-4-1-5-11-23)31(26-12-6-2-7-13-26)22-25-18-16-24(17-19-25)21-30-35(33,34)27-14-8-3-9-15-27/h1-15,24-25,30H,16-22H2,(H,29,32). The van der Waals surface area contributed by atoms with Crippen LogP contribution >= 0.6 is 0 Å². The summed E-state index contributed by atoms with van der Waals surface area (Å²) in [7, 11) is -3.48. The fourth-order valence-electron chi connectivity index (χ4n) is 4.57. The lowest BCUT2D eigenvalue weighted by molar-refractivity contribution is 0.239. The van der Waals surface area contributed by atoms with Gasteiger partial charge in [0.25, 0.3) is 0 Å². The first kappa shape index (κ1) is 24.9. The van der Waals surface area contributed by atoms with Gasteiger partial charge in [0.05, 0.1) is 4.90 Å². The van der Waals surface area contributed by atoms with Crippen molar-refractivity contribution in [1.82, 2.24) is 10.0 Å². The number of para-hydroxylation sites is 1. The maximum atomic E-state index is 13.1. The molecule has 1 saturated carbocycles. The molecule has 1 aliphatic carbocycles. The molecule has 35 heavy (non-hydrogen) atoms. The molecule has 0 saturated heterocycles. The van der Waals surface area contributed by atoms with E-state index in [4.69, 9.17) is 0 Å². The highest BCUT2D eigenvalue weighted by molar-refractivity contribution is 7.89. The minimum absolute atomic E-state index is 0.0993. The van der Waals surface area contributed by atoms with Gasteiger partial charge in [-0.15, -0.1) is 0 Å². The van der Waals surface area contributed by atoms with Gasteiger partial charge < -0.3 is 5.32 Å². The Bertz CT molecular complexity index is 1160. The Kier molecular flexibility index (Phi) is 8.55. The first-order valence-electron chi connectivity index (χ1n) is 12.2. The van der Waals surface area contributed by atoms with E-state index in [1.54, 1.807) is 30.3 Å². The van der Waals surface area contributed by atoms with Crippen molar-refractivity contribution in [2.24, 2.45) is 11.8 Å². The lowest BCUT2D eigenvalue weighted by Gasteiger charge is -2.33. The van der Waals surface area contributed by atoms with Crippen molar-refractivity contribution >= 4 is 21.7 Å². The third kappa shape index (κ3) is 7.16. The molecule has 1 aliphatic rings. The number of anilines is 1. The molecule has 0 spiro atoms. The molecule has 0 heterocycles. The molecule has 0 aromatic heterocycles. The zero-order chi connectivity index (χ0) is 24.5. The number of benzene rings is 3. The van der Waals surface area contributed by atoms with E-state index < -0.39 is 10.0 Å².